The van der Waals surface area contributed by atoms with Crippen LogP contribution in [-0.2, 0) is 4.79 Å². The van der Waals surface area contributed by atoms with Gasteiger partial charge in [0.05, 0.1) is 0 Å². The largest absolute Gasteiger partial charge is 0.436 e. The van der Waals surface area contributed by atoms with Gasteiger partial charge in [0.2, 0.25) is 11.8 Å². The fourth-order valence-corrected chi connectivity index (χ4v) is 3.94. The first-order valence-electron chi connectivity index (χ1n) is 9.95. The highest BCUT2D eigenvalue weighted by Gasteiger charge is 2.15. The molecule has 3 aromatic rings. The molecule has 0 aliphatic heterocycles. The molecule has 140 valence electrons. The summed E-state index contributed by atoms with van der Waals surface area (Å²) in [4.78, 5) is 16.9. The van der Waals surface area contributed by atoms with Gasteiger partial charge in [-0.05, 0) is 49.6 Å². The Hall–Kier alpha value is -2.62. The molecule has 4 heteroatoms. The number of anilines is 1. The van der Waals surface area contributed by atoms with Crippen molar-refractivity contribution in [3.05, 3.63) is 48.0 Å². The van der Waals surface area contributed by atoms with Crippen molar-refractivity contribution in [2.24, 2.45) is 5.92 Å². The van der Waals surface area contributed by atoms with Crippen LogP contribution in [0.15, 0.2) is 46.9 Å². The van der Waals surface area contributed by atoms with E-state index >= 15 is 0 Å². The van der Waals surface area contributed by atoms with Crippen LogP contribution in [0.2, 0.25) is 0 Å². The quantitative estimate of drug-likeness (QED) is 0.596. The molecule has 2 aromatic carbocycles. The van der Waals surface area contributed by atoms with Crippen molar-refractivity contribution in [3.63, 3.8) is 0 Å². The second-order valence-corrected chi connectivity index (χ2v) is 7.66. The minimum atomic E-state index is 0.0855. The van der Waals surface area contributed by atoms with E-state index in [0.29, 0.717) is 12.3 Å². The molecule has 0 spiro atoms. The van der Waals surface area contributed by atoms with E-state index in [9.17, 15) is 4.79 Å². The summed E-state index contributed by atoms with van der Waals surface area (Å²) in [5, 5.41) is 3.01. The molecule has 27 heavy (non-hydrogen) atoms. The van der Waals surface area contributed by atoms with Gasteiger partial charge in [-0.3, -0.25) is 4.79 Å². The van der Waals surface area contributed by atoms with Crippen molar-refractivity contribution >= 4 is 22.7 Å². The van der Waals surface area contributed by atoms with Gasteiger partial charge in [-0.1, -0.05) is 49.8 Å². The van der Waals surface area contributed by atoms with E-state index in [-0.39, 0.29) is 5.91 Å². The third-order valence-electron chi connectivity index (χ3n) is 5.44. The minimum absolute atomic E-state index is 0.0855. The molecule has 0 atom stereocenters. The number of carbonyl (C=O) groups excluding carboxylic acids is 1. The molecule has 0 saturated heterocycles. The number of rotatable bonds is 5. The van der Waals surface area contributed by atoms with E-state index in [2.05, 4.69) is 16.4 Å². The van der Waals surface area contributed by atoms with Gasteiger partial charge in [0.15, 0.2) is 5.58 Å². The molecule has 0 radical (unpaired) electrons. The molecule has 0 unspecified atom stereocenters. The SMILES string of the molecule is Cc1cccc(-c2nc3cc(NC(=O)CCC4CCCCC4)ccc3o2)c1. The Bertz CT molecular complexity index is 938. The van der Waals surface area contributed by atoms with E-state index in [1.807, 2.05) is 43.3 Å². The van der Waals surface area contributed by atoms with Crippen molar-refractivity contribution in [1.82, 2.24) is 4.98 Å². The molecule has 4 rings (SSSR count). The molecular formula is C23H26N2O2. The van der Waals surface area contributed by atoms with Gasteiger partial charge < -0.3 is 9.73 Å². The first-order valence-corrected chi connectivity index (χ1v) is 9.95. The molecule has 1 aliphatic rings. The van der Waals surface area contributed by atoms with Crippen LogP contribution in [0.4, 0.5) is 5.69 Å². The topological polar surface area (TPSA) is 55.1 Å². The van der Waals surface area contributed by atoms with Crippen molar-refractivity contribution in [3.8, 4) is 11.5 Å². The maximum atomic E-state index is 12.3. The Balaban J connectivity index is 1.42. The molecule has 0 bridgehead atoms. The fourth-order valence-electron chi connectivity index (χ4n) is 3.94. The molecule has 1 heterocycles. The number of carbonyl (C=O) groups is 1. The third-order valence-corrected chi connectivity index (χ3v) is 5.44. The van der Waals surface area contributed by atoms with E-state index in [1.54, 1.807) is 0 Å². The molecule has 1 aromatic heterocycles. The van der Waals surface area contributed by atoms with Crippen LogP contribution in [0.3, 0.4) is 0 Å². The zero-order valence-electron chi connectivity index (χ0n) is 15.8. The highest BCUT2D eigenvalue weighted by molar-refractivity contribution is 5.93. The summed E-state index contributed by atoms with van der Waals surface area (Å²) in [5.41, 5.74) is 4.40. The number of nitrogens with one attached hydrogen (secondary N) is 1. The summed E-state index contributed by atoms with van der Waals surface area (Å²) < 4.78 is 5.87. The van der Waals surface area contributed by atoms with Gasteiger partial charge in [0.25, 0.3) is 0 Å². The Morgan fingerprint density at radius 2 is 2.00 bits per heavy atom. The highest BCUT2D eigenvalue weighted by atomic mass is 16.3. The second-order valence-electron chi connectivity index (χ2n) is 7.66. The lowest BCUT2D eigenvalue weighted by Gasteiger charge is -2.20. The normalized spacial score (nSPS) is 15.1. The number of aryl methyl sites for hydroxylation is 1. The summed E-state index contributed by atoms with van der Waals surface area (Å²) in [5.74, 6) is 1.41. The monoisotopic (exact) mass is 362 g/mol. The summed E-state index contributed by atoms with van der Waals surface area (Å²) in [7, 11) is 0. The number of benzene rings is 2. The van der Waals surface area contributed by atoms with Crippen LogP contribution in [0.25, 0.3) is 22.6 Å². The molecule has 1 aliphatic carbocycles. The van der Waals surface area contributed by atoms with Crippen LogP contribution in [0.5, 0.6) is 0 Å². The lowest BCUT2D eigenvalue weighted by Crippen LogP contribution is -2.14. The predicted octanol–water partition coefficient (Wildman–Crippen LogP) is 6.10. The molecule has 4 nitrogen and oxygen atoms in total. The summed E-state index contributed by atoms with van der Waals surface area (Å²) in [6, 6.07) is 13.7. The van der Waals surface area contributed by atoms with Crippen molar-refractivity contribution in [2.75, 3.05) is 5.32 Å². The first-order chi connectivity index (χ1) is 13.2. The van der Waals surface area contributed by atoms with Gasteiger partial charge in [0.1, 0.15) is 5.52 Å². The number of nitrogens with zero attached hydrogens (tertiary/aromatic N) is 1. The van der Waals surface area contributed by atoms with Crippen LogP contribution in [0.1, 0.15) is 50.5 Å². The second kappa shape index (κ2) is 7.95. The zero-order chi connectivity index (χ0) is 18.6. The van der Waals surface area contributed by atoms with Gasteiger partial charge in [-0.2, -0.15) is 0 Å². The summed E-state index contributed by atoms with van der Waals surface area (Å²) >= 11 is 0. The lowest BCUT2D eigenvalue weighted by molar-refractivity contribution is -0.116. The lowest BCUT2D eigenvalue weighted by atomic mass is 9.86. The molecule has 1 fully saturated rings. The number of hydrogen-bond donors (Lipinski definition) is 1. The number of oxazole rings is 1. The van der Waals surface area contributed by atoms with Gasteiger partial charge >= 0.3 is 0 Å². The standard InChI is InChI=1S/C23H26N2O2/c1-16-6-5-9-18(14-16)23-25-20-15-19(11-12-21(20)27-23)24-22(26)13-10-17-7-3-2-4-8-17/h5-6,9,11-12,14-15,17H,2-4,7-8,10,13H2,1H3,(H,24,26). The van der Waals surface area contributed by atoms with Gasteiger partial charge in [0, 0.05) is 17.7 Å². The van der Waals surface area contributed by atoms with Crippen molar-refractivity contribution in [2.45, 2.75) is 51.9 Å². The number of hydrogen-bond acceptors (Lipinski definition) is 3. The Morgan fingerprint density at radius 1 is 1.15 bits per heavy atom. The summed E-state index contributed by atoms with van der Waals surface area (Å²) in [6.07, 6.45) is 8.13. The van der Waals surface area contributed by atoms with Gasteiger partial charge in [-0.15, -0.1) is 0 Å². The van der Waals surface area contributed by atoms with Crippen LogP contribution in [0, 0.1) is 12.8 Å². The minimum Gasteiger partial charge on any atom is -0.436 e. The zero-order valence-corrected chi connectivity index (χ0v) is 15.8. The third kappa shape index (κ3) is 4.38. The van der Waals surface area contributed by atoms with E-state index in [0.717, 1.165) is 34.7 Å². The predicted molar refractivity (Wildman–Crippen MR) is 109 cm³/mol. The van der Waals surface area contributed by atoms with Crippen molar-refractivity contribution in [1.29, 1.82) is 0 Å². The smallest absolute Gasteiger partial charge is 0.227 e. The molecule has 1 N–H and O–H groups in total. The van der Waals surface area contributed by atoms with Crippen LogP contribution >= 0.6 is 0 Å². The number of fused-ring (bicyclic) bond motifs is 1. The Kier molecular flexibility index (Phi) is 5.23. The van der Waals surface area contributed by atoms with Crippen LogP contribution < -0.4 is 5.32 Å². The van der Waals surface area contributed by atoms with Gasteiger partial charge in [-0.25, -0.2) is 4.98 Å². The maximum absolute atomic E-state index is 12.3. The van der Waals surface area contributed by atoms with Crippen LogP contribution in [-0.4, -0.2) is 10.9 Å². The average Bonchev–Trinajstić information content (AvgIpc) is 3.11. The molecular weight excluding hydrogens is 336 g/mol. The number of aromatic nitrogens is 1. The summed E-state index contributed by atoms with van der Waals surface area (Å²) in [6.45, 7) is 2.05. The van der Waals surface area contributed by atoms with E-state index < -0.39 is 0 Å². The molecule has 1 saturated carbocycles. The van der Waals surface area contributed by atoms with Crippen molar-refractivity contribution < 1.29 is 9.21 Å². The maximum Gasteiger partial charge on any atom is 0.227 e. The number of amides is 1. The Labute approximate surface area is 160 Å². The highest BCUT2D eigenvalue weighted by Crippen LogP contribution is 2.28. The first kappa shape index (κ1) is 17.8. The van der Waals surface area contributed by atoms with E-state index in [4.69, 9.17) is 4.42 Å². The average molecular weight is 362 g/mol. The Morgan fingerprint density at radius 3 is 2.81 bits per heavy atom. The van der Waals surface area contributed by atoms with E-state index in [1.165, 1.54) is 37.7 Å². The fraction of sp³-hybridized carbons (Fsp3) is 0.391. The molecule has 1 amide bonds.